The van der Waals surface area contributed by atoms with Crippen molar-refractivity contribution in [2.75, 3.05) is 31.1 Å². The van der Waals surface area contributed by atoms with Crippen LogP contribution in [0.4, 0.5) is 23.2 Å². The van der Waals surface area contributed by atoms with Crippen molar-refractivity contribution in [3.05, 3.63) is 23.5 Å². The summed E-state index contributed by atoms with van der Waals surface area (Å²) in [6.07, 6.45) is 0.335. The molecule has 1 aromatic rings. The Morgan fingerprint density at radius 3 is 2.00 bits per heavy atom. The van der Waals surface area contributed by atoms with E-state index in [1.165, 1.54) is 4.90 Å². The van der Waals surface area contributed by atoms with Crippen molar-refractivity contribution < 1.29 is 22.4 Å². The van der Waals surface area contributed by atoms with Crippen molar-refractivity contribution in [1.82, 2.24) is 9.88 Å². The molecule has 20 heavy (non-hydrogen) atoms. The molecule has 1 aliphatic heterocycles. The molecule has 1 fully saturated rings. The number of hydrogen-bond acceptors (Lipinski definition) is 3. The number of carbonyl (C=O) groups is 1. The summed E-state index contributed by atoms with van der Waals surface area (Å²) in [5.74, 6) is -6.45. The van der Waals surface area contributed by atoms with Crippen LogP contribution in [0.2, 0.25) is 0 Å². The van der Waals surface area contributed by atoms with Crippen molar-refractivity contribution in [1.29, 1.82) is 0 Å². The fourth-order valence-corrected chi connectivity index (χ4v) is 2.16. The maximum Gasteiger partial charge on any atom is 0.253 e. The Balaban J connectivity index is 2.21. The molecule has 4 nitrogen and oxygen atoms in total. The van der Waals surface area contributed by atoms with Crippen molar-refractivity contribution >= 4 is 11.6 Å². The minimum Gasteiger partial charge on any atom is -0.363 e. The second kappa shape index (κ2) is 5.64. The molecule has 1 aliphatic rings. The number of nitrogens with zero attached hydrogens (tertiary/aromatic N) is 3. The topological polar surface area (TPSA) is 36.4 Å². The van der Waals surface area contributed by atoms with E-state index in [-0.39, 0.29) is 32.1 Å². The first kappa shape index (κ1) is 14.5. The van der Waals surface area contributed by atoms with Gasteiger partial charge >= 0.3 is 0 Å². The van der Waals surface area contributed by atoms with E-state index in [4.69, 9.17) is 0 Å². The number of amides is 1. The van der Waals surface area contributed by atoms with Crippen LogP contribution in [0.3, 0.4) is 0 Å². The number of anilines is 1. The van der Waals surface area contributed by atoms with Crippen LogP contribution in [-0.4, -0.2) is 42.0 Å². The van der Waals surface area contributed by atoms with Gasteiger partial charge in [0.1, 0.15) is 5.69 Å². The molecule has 0 N–H and O–H groups in total. The maximum absolute atomic E-state index is 13.6. The highest BCUT2D eigenvalue weighted by Crippen LogP contribution is 2.27. The molecule has 0 bridgehead atoms. The Kier molecular flexibility index (Phi) is 4.10. The van der Waals surface area contributed by atoms with E-state index in [1.807, 2.05) is 0 Å². The largest absolute Gasteiger partial charge is 0.363 e. The van der Waals surface area contributed by atoms with E-state index in [9.17, 15) is 22.4 Å². The fraction of sp³-hybridized carbons (Fsp3) is 0.500. The van der Waals surface area contributed by atoms with E-state index in [0.29, 0.717) is 6.42 Å². The van der Waals surface area contributed by atoms with E-state index in [2.05, 4.69) is 4.98 Å². The number of hydrogen-bond donors (Lipinski definition) is 0. The lowest BCUT2D eigenvalue weighted by Crippen LogP contribution is -2.49. The lowest BCUT2D eigenvalue weighted by molar-refractivity contribution is -0.131. The van der Waals surface area contributed by atoms with Crippen molar-refractivity contribution in [2.24, 2.45) is 0 Å². The Morgan fingerprint density at radius 2 is 1.55 bits per heavy atom. The smallest absolute Gasteiger partial charge is 0.253 e. The number of halogens is 4. The SMILES string of the molecule is CCC(=O)N1CCN(c2c(F)c(F)nc(F)c2F)CC1. The Labute approximate surface area is 113 Å². The normalized spacial score (nSPS) is 15.7. The van der Waals surface area contributed by atoms with Gasteiger partial charge in [-0.1, -0.05) is 6.92 Å². The van der Waals surface area contributed by atoms with Gasteiger partial charge in [0.05, 0.1) is 0 Å². The zero-order valence-corrected chi connectivity index (χ0v) is 10.8. The summed E-state index contributed by atoms with van der Waals surface area (Å²) >= 11 is 0. The maximum atomic E-state index is 13.6. The molecular formula is C12H13F4N3O. The Morgan fingerprint density at radius 1 is 1.05 bits per heavy atom. The average Bonchev–Trinajstić information content (AvgIpc) is 2.45. The zero-order valence-electron chi connectivity index (χ0n) is 10.8. The summed E-state index contributed by atoms with van der Waals surface area (Å²) in [6.45, 7) is 2.40. The lowest BCUT2D eigenvalue weighted by Gasteiger charge is -2.36. The Hall–Kier alpha value is -1.86. The predicted octanol–water partition coefficient (Wildman–Crippen LogP) is 1.70. The zero-order chi connectivity index (χ0) is 14.9. The molecule has 1 aromatic heterocycles. The second-order valence-electron chi connectivity index (χ2n) is 4.39. The monoisotopic (exact) mass is 291 g/mol. The van der Waals surface area contributed by atoms with Gasteiger partial charge in [0.2, 0.25) is 17.5 Å². The van der Waals surface area contributed by atoms with Crippen molar-refractivity contribution in [3.63, 3.8) is 0 Å². The summed E-state index contributed by atoms with van der Waals surface area (Å²) in [6, 6.07) is 0. The molecule has 2 rings (SSSR count). The van der Waals surface area contributed by atoms with Gasteiger partial charge < -0.3 is 9.80 Å². The van der Waals surface area contributed by atoms with Crippen LogP contribution in [0.5, 0.6) is 0 Å². The van der Waals surface area contributed by atoms with Crippen molar-refractivity contribution in [2.45, 2.75) is 13.3 Å². The third-order valence-corrected chi connectivity index (χ3v) is 3.23. The molecule has 0 aromatic carbocycles. The van der Waals surface area contributed by atoms with Crippen molar-refractivity contribution in [3.8, 4) is 0 Å². The third kappa shape index (κ3) is 2.54. The first-order valence-electron chi connectivity index (χ1n) is 6.18. The van der Waals surface area contributed by atoms with Gasteiger partial charge in [0.15, 0.2) is 0 Å². The van der Waals surface area contributed by atoms with Gasteiger partial charge in [-0.2, -0.15) is 22.5 Å². The minimum absolute atomic E-state index is 0.0716. The van der Waals surface area contributed by atoms with E-state index in [0.717, 1.165) is 0 Å². The van der Waals surface area contributed by atoms with E-state index >= 15 is 0 Å². The summed E-state index contributed by atoms with van der Waals surface area (Å²) in [5, 5.41) is 0. The molecule has 0 aliphatic carbocycles. The van der Waals surface area contributed by atoms with Gasteiger partial charge in [-0.25, -0.2) is 0 Å². The minimum atomic E-state index is -1.68. The lowest BCUT2D eigenvalue weighted by atomic mass is 10.2. The summed E-state index contributed by atoms with van der Waals surface area (Å²) in [7, 11) is 0. The van der Waals surface area contributed by atoms with Gasteiger partial charge in [0.25, 0.3) is 11.9 Å². The van der Waals surface area contributed by atoms with Crippen LogP contribution in [0.1, 0.15) is 13.3 Å². The molecule has 0 saturated carbocycles. The summed E-state index contributed by atoms with van der Waals surface area (Å²) in [4.78, 5) is 16.7. The van der Waals surface area contributed by atoms with Crippen LogP contribution >= 0.6 is 0 Å². The highest BCUT2D eigenvalue weighted by molar-refractivity contribution is 5.76. The van der Waals surface area contributed by atoms with E-state index < -0.39 is 29.2 Å². The van der Waals surface area contributed by atoms with Gasteiger partial charge in [-0.15, -0.1) is 0 Å². The van der Waals surface area contributed by atoms with Crippen LogP contribution < -0.4 is 4.90 Å². The van der Waals surface area contributed by atoms with Crippen LogP contribution in [0.15, 0.2) is 0 Å². The molecule has 0 spiro atoms. The molecule has 0 radical (unpaired) electrons. The highest BCUT2D eigenvalue weighted by atomic mass is 19.2. The average molecular weight is 291 g/mol. The molecule has 2 heterocycles. The Bertz CT molecular complexity index is 504. The number of piperazine rings is 1. The van der Waals surface area contributed by atoms with Gasteiger partial charge in [0, 0.05) is 32.6 Å². The second-order valence-corrected chi connectivity index (χ2v) is 4.39. The first-order chi connectivity index (χ1) is 9.45. The summed E-state index contributed by atoms with van der Waals surface area (Å²) < 4.78 is 53.3. The number of aromatic nitrogens is 1. The molecule has 0 atom stereocenters. The first-order valence-corrected chi connectivity index (χ1v) is 6.18. The van der Waals surface area contributed by atoms with Crippen LogP contribution in [0, 0.1) is 23.5 Å². The molecule has 1 saturated heterocycles. The molecule has 1 amide bonds. The number of rotatable bonds is 2. The molecule has 8 heteroatoms. The van der Waals surface area contributed by atoms with Gasteiger partial charge in [-0.05, 0) is 0 Å². The highest BCUT2D eigenvalue weighted by Gasteiger charge is 2.28. The number of carbonyl (C=O) groups excluding carboxylic acids is 1. The predicted molar refractivity (Wildman–Crippen MR) is 63.2 cm³/mol. The standard InChI is InChI=1S/C12H13F4N3O/c1-2-7(20)18-3-5-19(6-4-18)10-8(13)11(15)17-12(16)9(10)14/h2-6H2,1H3. The van der Waals surface area contributed by atoms with Crippen LogP contribution in [0.25, 0.3) is 0 Å². The third-order valence-electron chi connectivity index (χ3n) is 3.23. The molecule has 0 unspecified atom stereocenters. The fourth-order valence-electron chi connectivity index (χ4n) is 2.16. The molecule has 110 valence electrons. The summed E-state index contributed by atoms with van der Waals surface area (Å²) in [5.41, 5.74) is -0.765. The number of pyridine rings is 1. The van der Waals surface area contributed by atoms with E-state index in [1.54, 1.807) is 11.8 Å². The quantitative estimate of drug-likeness (QED) is 0.614. The van der Waals surface area contributed by atoms with Crippen LogP contribution in [-0.2, 0) is 4.79 Å². The molecular weight excluding hydrogens is 278 g/mol. The van der Waals surface area contributed by atoms with Gasteiger partial charge in [-0.3, -0.25) is 4.79 Å².